The first-order chi connectivity index (χ1) is 11.6. The maximum absolute atomic E-state index is 11.8. The fraction of sp³-hybridized carbons (Fsp3) is 0.353. The minimum atomic E-state index is -0.755. The average molecular weight is 349 g/mol. The van der Waals surface area contributed by atoms with Crippen LogP contribution in [-0.2, 0) is 0 Å². The Morgan fingerprint density at radius 1 is 1.25 bits per heavy atom. The molecule has 6 nitrogen and oxygen atoms in total. The number of ether oxygens (including phenoxy) is 1. The van der Waals surface area contributed by atoms with Crippen molar-refractivity contribution >= 4 is 22.6 Å². The highest BCUT2D eigenvalue weighted by molar-refractivity contribution is 6.36. The molecule has 0 radical (unpaired) electrons. The molecule has 1 aromatic carbocycles. The van der Waals surface area contributed by atoms with Crippen molar-refractivity contribution in [2.24, 2.45) is 0 Å². The molecule has 0 saturated heterocycles. The van der Waals surface area contributed by atoms with Gasteiger partial charge < -0.3 is 9.15 Å². The number of fused-ring (bicyclic) bond motifs is 2. The lowest BCUT2D eigenvalue weighted by molar-refractivity contribution is 0.305. The number of benzene rings is 1. The van der Waals surface area contributed by atoms with E-state index in [0.29, 0.717) is 28.3 Å². The van der Waals surface area contributed by atoms with Gasteiger partial charge in [0, 0.05) is 5.39 Å². The number of nitrogens with zero attached hydrogens (tertiary/aromatic N) is 1. The molecular formula is C17H17ClN2O4. The molecule has 7 heteroatoms. The van der Waals surface area contributed by atoms with Crippen LogP contribution in [0.2, 0.25) is 5.02 Å². The Labute approximate surface area is 142 Å². The van der Waals surface area contributed by atoms with Gasteiger partial charge in [-0.1, -0.05) is 37.8 Å². The van der Waals surface area contributed by atoms with Gasteiger partial charge in [0.15, 0.2) is 5.58 Å². The fourth-order valence-corrected chi connectivity index (χ4v) is 2.76. The van der Waals surface area contributed by atoms with Crippen molar-refractivity contribution in [1.82, 2.24) is 9.97 Å². The zero-order valence-corrected chi connectivity index (χ0v) is 14.0. The van der Waals surface area contributed by atoms with Crippen LogP contribution in [0.4, 0.5) is 0 Å². The predicted molar refractivity (Wildman–Crippen MR) is 92.2 cm³/mol. The first-order valence-electron chi connectivity index (χ1n) is 7.89. The van der Waals surface area contributed by atoms with Crippen molar-refractivity contribution in [3.8, 4) is 17.2 Å². The van der Waals surface area contributed by atoms with Crippen LogP contribution in [0.3, 0.4) is 0 Å². The maximum atomic E-state index is 11.8. The van der Waals surface area contributed by atoms with Crippen molar-refractivity contribution in [3.05, 3.63) is 44.1 Å². The van der Waals surface area contributed by atoms with Gasteiger partial charge in [-0.3, -0.25) is 9.78 Å². The molecular weight excluding hydrogens is 332 g/mol. The first-order valence-corrected chi connectivity index (χ1v) is 8.27. The quantitative estimate of drug-likeness (QED) is 0.543. The van der Waals surface area contributed by atoms with Gasteiger partial charge in [-0.15, -0.1) is 0 Å². The fourth-order valence-electron chi connectivity index (χ4n) is 2.49. The highest BCUT2D eigenvalue weighted by atomic mass is 35.5. The second-order valence-electron chi connectivity index (χ2n) is 5.54. The summed E-state index contributed by atoms with van der Waals surface area (Å²) in [6.07, 6.45) is 4.40. The van der Waals surface area contributed by atoms with E-state index in [1.54, 1.807) is 18.2 Å². The van der Waals surface area contributed by atoms with Crippen molar-refractivity contribution in [1.29, 1.82) is 0 Å². The van der Waals surface area contributed by atoms with Gasteiger partial charge >= 0.3 is 5.69 Å². The third kappa shape index (κ3) is 3.28. The molecule has 2 aliphatic rings. The van der Waals surface area contributed by atoms with Gasteiger partial charge in [-0.25, -0.2) is 4.79 Å². The molecule has 126 valence electrons. The van der Waals surface area contributed by atoms with Crippen molar-refractivity contribution in [3.63, 3.8) is 0 Å². The van der Waals surface area contributed by atoms with E-state index in [0.717, 1.165) is 19.3 Å². The molecule has 0 saturated carbocycles. The largest absolute Gasteiger partial charge is 0.492 e. The van der Waals surface area contributed by atoms with Crippen molar-refractivity contribution in [2.75, 3.05) is 6.61 Å². The summed E-state index contributed by atoms with van der Waals surface area (Å²) < 4.78 is 11.3. The number of unbranched alkanes of at least 4 members (excludes halogenated alkanes) is 3. The molecule has 3 rings (SSSR count). The molecule has 24 heavy (non-hydrogen) atoms. The van der Waals surface area contributed by atoms with E-state index in [1.165, 1.54) is 6.42 Å². The highest BCUT2D eigenvalue weighted by Gasteiger charge is 2.17. The van der Waals surface area contributed by atoms with E-state index in [9.17, 15) is 9.59 Å². The van der Waals surface area contributed by atoms with E-state index < -0.39 is 11.2 Å². The lowest BCUT2D eigenvalue weighted by atomic mass is 10.1. The Bertz CT molecular complexity index is 948. The summed E-state index contributed by atoms with van der Waals surface area (Å²) in [7, 11) is 0. The number of halogens is 1. The lowest BCUT2D eigenvalue weighted by Gasteiger charge is -2.11. The van der Waals surface area contributed by atoms with E-state index >= 15 is 0 Å². The van der Waals surface area contributed by atoms with Gasteiger partial charge in [0.2, 0.25) is 5.89 Å². The molecule has 2 aliphatic heterocycles. The molecule has 0 unspecified atom stereocenters. The summed E-state index contributed by atoms with van der Waals surface area (Å²) in [5, 5.41) is 0.941. The Kier molecular flexibility index (Phi) is 4.85. The third-order valence-corrected chi connectivity index (χ3v) is 4.10. The van der Waals surface area contributed by atoms with Crippen LogP contribution in [0.1, 0.15) is 32.6 Å². The third-order valence-electron chi connectivity index (χ3n) is 3.74. The standard InChI is InChI=1S/C17H17ClN2O4/c1-2-3-4-5-8-23-12-7-6-10-9-11-15(21)19-17(22)20-16(11)24-14(10)13(12)18/h6-7,9H,2-5,8H2,1H3,(H,19,21,22). The molecule has 0 spiro atoms. The first kappa shape index (κ1) is 16.5. The number of hydrogen-bond acceptors (Lipinski definition) is 5. The molecule has 0 aromatic heterocycles. The number of hydrogen-bond donors (Lipinski definition) is 1. The Hall–Kier alpha value is -2.34. The molecule has 0 fully saturated rings. The minimum Gasteiger partial charge on any atom is -0.492 e. The minimum absolute atomic E-state index is 0.0433. The summed E-state index contributed by atoms with van der Waals surface area (Å²) >= 11 is 6.35. The second kappa shape index (κ2) is 7.05. The van der Waals surface area contributed by atoms with Crippen molar-refractivity contribution < 1.29 is 9.15 Å². The summed E-state index contributed by atoms with van der Waals surface area (Å²) in [5.74, 6) is 0.467. The van der Waals surface area contributed by atoms with Crippen LogP contribution in [-0.4, -0.2) is 16.6 Å². The van der Waals surface area contributed by atoms with Gasteiger partial charge in [-0.05, 0) is 24.6 Å². The zero-order chi connectivity index (χ0) is 17.1. The summed E-state index contributed by atoms with van der Waals surface area (Å²) in [5.41, 5.74) is -0.753. The maximum Gasteiger partial charge on any atom is 0.351 e. The van der Waals surface area contributed by atoms with Crippen LogP contribution in [0.25, 0.3) is 22.4 Å². The Balaban J connectivity index is 1.96. The van der Waals surface area contributed by atoms with Crippen LogP contribution < -0.4 is 16.0 Å². The van der Waals surface area contributed by atoms with Gasteiger partial charge in [-0.2, -0.15) is 4.98 Å². The number of rotatable bonds is 6. The monoisotopic (exact) mass is 348 g/mol. The summed E-state index contributed by atoms with van der Waals surface area (Å²) in [6.45, 7) is 2.72. The average Bonchev–Trinajstić information content (AvgIpc) is 2.55. The zero-order valence-electron chi connectivity index (χ0n) is 13.2. The topological polar surface area (TPSA) is 85.2 Å². The normalized spacial score (nSPS) is 11.2. The number of aromatic amines is 1. The molecule has 0 atom stereocenters. The highest BCUT2D eigenvalue weighted by Crippen LogP contribution is 2.35. The molecule has 1 aromatic rings. The van der Waals surface area contributed by atoms with E-state index in [-0.39, 0.29) is 11.5 Å². The molecule has 0 bridgehead atoms. The number of nitrogens with one attached hydrogen (secondary N) is 1. The van der Waals surface area contributed by atoms with E-state index in [2.05, 4.69) is 16.9 Å². The molecule has 2 heterocycles. The Morgan fingerprint density at radius 2 is 2.08 bits per heavy atom. The van der Waals surface area contributed by atoms with Crippen LogP contribution in [0, 0.1) is 0 Å². The number of H-pyrrole nitrogens is 1. The molecule has 0 amide bonds. The SMILES string of the molecule is CCCCCCOc1ccc2cc3c(=O)[nH]c(=O)nc-3oc2c1Cl. The van der Waals surface area contributed by atoms with Crippen LogP contribution in [0.15, 0.2) is 32.2 Å². The smallest absolute Gasteiger partial charge is 0.351 e. The van der Waals surface area contributed by atoms with Crippen molar-refractivity contribution in [2.45, 2.75) is 32.6 Å². The van der Waals surface area contributed by atoms with Crippen LogP contribution >= 0.6 is 11.6 Å². The van der Waals surface area contributed by atoms with Crippen LogP contribution in [0.5, 0.6) is 5.75 Å². The number of aromatic nitrogens is 2. The molecule has 1 N–H and O–H groups in total. The van der Waals surface area contributed by atoms with Gasteiger partial charge in [0.1, 0.15) is 16.3 Å². The van der Waals surface area contributed by atoms with E-state index in [1.807, 2.05) is 0 Å². The second-order valence-corrected chi connectivity index (χ2v) is 5.92. The predicted octanol–water partition coefficient (Wildman–Crippen LogP) is 3.59. The van der Waals surface area contributed by atoms with Gasteiger partial charge in [0.05, 0.1) is 6.61 Å². The summed E-state index contributed by atoms with van der Waals surface area (Å²) in [4.78, 5) is 28.9. The lowest BCUT2D eigenvalue weighted by Crippen LogP contribution is -2.24. The summed E-state index contributed by atoms with van der Waals surface area (Å²) in [6, 6.07) is 5.10. The Morgan fingerprint density at radius 3 is 2.88 bits per heavy atom. The molecule has 0 aliphatic carbocycles. The van der Waals surface area contributed by atoms with E-state index in [4.69, 9.17) is 20.8 Å². The van der Waals surface area contributed by atoms with Gasteiger partial charge in [0.25, 0.3) is 5.56 Å².